The molecule has 1 fully saturated rings. The Labute approximate surface area is 183 Å². The van der Waals surface area contributed by atoms with Crippen molar-refractivity contribution in [2.75, 3.05) is 13.1 Å². The zero-order valence-electron chi connectivity index (χ0n) is 18.2. The van der Waals surface area contributed by atoms with Crippen LogP contribution in [0.3, 0.4) is 0 Å². The summed E-state index contributed by atoms with van der Waals surface area (Å²) in [4.78, 5) is 32.3. The topological polar surface area (TPSA) is 88.8 Å². The Hall–Kier alpha value is -3.09. The third-order valence-electron chi connectivity index (χ3n) is 6.03. The molecule has 2 aliphatic heterocycles. The number of fused-ring (bicyclic) bond motifs is 1. The highest BCUT2D eigenvalue weighted by molar-refractivity contribution is 5.76. The van der Waals surface area contributed by atoms with Gasteiger partial charge in [0.25, 0.3) is 0 Å². The Bertz CT molecular complexity index is 936. The standard InChI is InChI=1S/C24H30N4O3/c1-16(2)13-22(29)27-11-9-19(10-12-27)31-21-8-7-17(14-26-21)23-20-6-4-3-5-18(20)15-28(23)24(25)30/h3-8,14,16,19,23H,9-13,15H2,1-2H3,(H2,25,30). The van der Waals surface area contributed by atoms with E-state index in [1.807, 2.05) is 41.3 Å². The van der Waals surface area contributed by atoms with E-state index >= 15 is 0 Å². The first kappa shape index (κ1) is 21.2. The van der Waals surface area contributed by atoms with Gasteiger partial charge in [0, 0.05) is 51.2 Å². The fraction of sp³-hybridized carbons (Fsp3) is 0.458. The largest absolute Gasteiger partial charge is 0.474 e. The molecule has 1 aromatic carbocycles. The Morgan fingerprint density at radius 1 is 1.16 bits per heavy atom. The van der Waals surface area contributed by atoms with Gasteiger partial charge in [-0.05, 0) is 28.7 Å². The molecule has 0 aliphatic carbocycles. The summed E-state index contributed by atoms with van der Waals surface area (Å²) < 4.78 is 6.07. The molecule has 1 aromatic heterocycles. The highest BCUT2D eigenvalue weighted by Gasteiger charge is 2.33. The first-order valence-corrected chi connectivity index (χ1v) is 11.0. The molecule has 0 radical (unpaired) electrons. The smallest absolute Gasteiger partial charge is 0.315 e. The van der Waals surface area contributed by atoms with E-state index in [1.165, 1.54) is 0 Å². The van der Waals surface area contributed by atoms with Crippen molar-refractivity contribution in [3.05, 3.63) is 59.3 Å². The number of urea groups is 1. The number of hydrogen-bond acceptors (Lipinski definition) is 4. The Morgan fingerprint density at radius 3 is 2.55 bits per heavy atom. The highest BCUT2D eigenvalue weighted by Crippen LogP contribution is 2.38. The van der Waals surface area contributed by atoms with Gasteiger partial charge in [-0.15, -0.1) is 0 Å². The van der Waals surface area contributed by atoms with Crippen molar-refractivity contribution < 1.29 is 14.3 Å². The van der Waals surface area contributed by atoms with E-state index in [0.29, 0.717) is 24.8 Å². The first-order valence-electron chi connectivity index (χ1n) is 11.0. The first-order chi connectivity index (χ1) is 14.9. The minimum Gasteiger partial charge on any atom is -0.474 e. The van der Waals surface area contributed by atoms with Gasteiger partial charge in [0.1, 0.15) is 6.10 Å². The molecule has 164 valence electrons. The Morgan fingerprint density at radius 2 is 1.90 bits per heavy atom. The molecule has 1 atom stereocenters. The van der Waals surface area contributed by atoms with Crippen molar-refractivity contribution in [2.45, 2.75) is 51.8 Å². The van der Waals surface area contributed by atoms with Crippen molar-refractivity contribution in [3.8, 4) is 5.88 Å². The molecule has 3 amide bonds. The molecule has 4 rings (SSSR count). The van der Waals surface area contributed by atoms with Crippen LogP contribution >= 0.6 is 0 Å². The predicted molar refractivity (Wildman–Crippen MR) is 117 cm³/mol. The zero-order valence-corrected chi connectivity index (χ0v) is 18.2. The van der Waals surface area contributed by atoms with Crippen molar-refractivity contribution in [1.29, 1.82) is 0 Å². The molecule has 7 heteroatoms. The second-order valence-electron chi connectivity index (χ2n) is 8.79. The number of nitrogens with zero attached hydrogens (tertiary/aromatic N) is 3. The third-order valence-corrected chi connectivity index (χ3v) is 6.03. The van der Waals surface area contributed by atoms with E-state index in [2.05, 4.69) is 18.8 Å². The van der Waals surface area contributed by atoms with Crippen LogP contribution < -0.4 is 10.5 Å². The fourth-order valence-electron chi connectivity index (χ4n) is 4.45. The number of carbonyl (C=O) groups is 2. The molecule has 0 saturated carbocycles. The minimum absolute atomic E-state index is 0.0516. The number of nitrogens with two attached hydrogens (primary N) is 1. The zero-order chi connectivity index (χ0) is 22.0. The van der Waals surface area contributed by atoms with Crippen molar-refractivity contribution >= 4 is 11.9 Å². The summed E-state index contributed by atoms with van der Waals surface area (Å²) in [5.74, 6) is 1.17. The van der Waals surface area contributed by atoms with Crippen LogP contribution in [0, 0.1) is 5.92 Å². The molecule has 1 unspecified atom stereocenters. The maximum absolute atomic E-state index is 12.2. The number of ether oxygens (including phenoxy) is 1. The van der Waals surface area contributed by atoms with Crippen LogP contribution in [0.15, 0.2) is 42.6 Å². The van der Waals surface area contributed by atoms with E-state index < -0.39 is 6.03 Å². The van der Waals surface area contributed by atoms with Crippen molar-refractivity contribution in [2.24, 2.45) is 11.7 Å². The summed E-state index contributed by atoms with van der Waals surface area (Å²) in [6.07, 6.45) is 4.02. The van der Waals surface area contributed by atoms with Crippen LogP contribution in [0.25, 0.3) is 0 Å². The lowest BCUT2D eigenvalue weighted by molar-refractivity contribution is -0.133. The van der Waals surface area contributed by atoms with Gasteiger partial charge in [-0.25, -0.2) is 9.78 Å². The number of aromatic nitrogens is 1. The lowest BCUT2D eigenvalue weighted by Crippen LogP contribution is -2.42. The van der Waals surface area contributed by atoms with Gasteiger partial charge >= 0.3 is 6.03 Å². The van der Waals surface area contributed by atoms with Gasteiger partial charge in [0.2, 0.25) is 11.8 Å². The molecular weight excluding hydrogens is 392 g/mol. The van der Waals surface area contributed by atoms with Crippen molar-refractivity contribution in [1.82, 2.24) is 14.8 Å². The van der Waals surface area contributed by atoms with Gasteiger partial charge in [-0.3, -0.25) is 4.79 Å². The van der Waals surface area contributed by atoms with Crippen LogP contribution in [0.4, 0.5) is 4.79 Å². The average molecular weight is 423 g/mol. The molecule has 1 saturated heterocycles. The van der Waals surface area contributed by atoms with Gasteiger partial charge in [-0.2, -0.15) is 0 Å². The summed E-state index contributed by atoms with van der Waals surface area (Å²) in [6, 6.07) is 11.1. The SMILES string of the molecule is CC(C)CC(=O)N1CCC(Oc2ccc(C3c4ccccc4CN3C(N)=O)cn2)CC1. The van der Waals surface area contributed by atoms with Crippen LogP contribution in [0.5, 0.6) is 5.88 Å². The predicted octanol–water partition coefficient (Wildman–Crippen LogP) is 3.48. The van der Waals surface area contributed by atoms with Crippen LogP contribution in [-0.2, 0) is 11.3 Å². The Kier molecular flexibility index (Phi) is 6.11. The summed E-state index contributed by atoms with van der Waals surface area (Å²) in [7, 11) is 0. The number of benzene rings is 1. The molecule has 31 heavy (non-hydrogen) atoms. The van der Waals surface area contributed by atoms with E-state index in [0.717, 1.165) is 42.6 Å². The molecule has 0 bridgehead atoms. The van der Waals surface area contributed by atoms with Crippen LogP contribution in [-0.4, -0.2) is 45.9 Å². The average Bonchev–Trinajstić information content (AvgIpc) is 3.14. The van der Waals surface area contributed by atoms with E-state index in [-0.39, 0.29) is 18.1 Å². The number of hydrogen-bond donors (Lipinski definition) is 1. The van der Waals surface area contributed by atoms with E-state index in [4.69, 9.17) is 10.5 Å². The van der Waals surface area contributed by atoms with Gasteiger partial charge < -0.3 is 20.3 Å². The lowest BCUT2D eigenvalue weighted by atomic mass is 9.99. The number of pyridine rings is 1. The van der Waals surface area contributed by atoms with Crippen molar-refractivity contribution in [3.63, 3.8) is 0 Å². The lowest BCUT2D eigenvalue weighted by Gasteiger charge is -2.32. The molecule has 7 nitrogen and oxygen atoms in total. The molecule has 2 aromatic rings. The Balaban J connectivity index is 1.39. The maximum atomic E-state index is 12.2. The monoisotopic (exact) mass is 422 g/mol. The number of likely N-dealkylation sites (tertiary alicyclic amines) is 1. The second kappa shape index (κ2) is 8.96. The maximum Gasteiger partial charge on any atom is 0.315 e. The van der Waals surface area contributed by atoms with Crippen LogP contribution in [0.1, 0.15) is 55.8 Å². The molecule has 3 heterocycles. The van der Waals surface area contributed by atoms with E-state index in [9.17, 15) is 9.59 Å². The van der Waals surface area contributed by atoms with Gasteiger partial charge in [0.05, 0.1) is 6.04 Å². The molecular formula is C24H30N4O3. The number of primary amides is 1. The number of carbonyl (C=O) groups excluding carboxylic acids is 2. The van der Waals surface area contributed by atoms with Gasteiger partial charge in [0.15, 0.2) is 0 Å². The van der Waals surface area contributed by atoms with Gasteiger partial charge in [-0.1, -0.05) is 38.1 Å². The minimum atomic E-state index is -0.444. The summed E-state index contributed by atoms with van der Waals surface area (Å²) >= 11 is 0. The van der Waals surface area contributed by atoms with Crippen LogP contribution in [0.2, 0.25) is 0 Å². The number of piperidine rings is 1. The summed E-state index contributed by atoms with van der Waals surface area (Å²) in [5, 5.41) is 0. The van der Waals surface area contributed by atoms with E-state index in [1.54, 1.807) is 11.1 Å². The fourth-order valence-corrected chi connectivity index (χ4v) is 4.45. The summed E-state index contributed by atoms with van der Waals surface area (Å²) in [5.41, 5.74) is 8.72. The summed E-state index contributed by atoms with van der Waals surface area (Å²) in [6.45, 7) is 6.08. The highest BCUT2D eigenvalue weighted by atomic mass is 16.5. The molecule has 0 spiro atoms. The normalized spacial score (nSPS) is 18.9. The number of rotatable bonds is 5. The quantitative estimate of drug-likeness (QED) is 0.799. The second-order valence-corrected chi connectivity index (χ2v) is 8.79. The third kappa shape index (κ3) is 4.65. The number of amides is 3. The molecule has 2 aliphatic rings. The molecule has 2 N–H and O–H groups in total.